The maximum Gasteiger partial charge on any atom is 0.419 e. The molecule has 1 aromatic carbocycles. The number of carbonyl (C=O) groups excluding carboxylic acids is 1. The van der Waals surface area contributed by atoms with E-state index < -0.39 is 35.2 Å². The van der Waals surface area contributed by atoms with E-state index in [0.29, 0.717) is 6.07 Å². The van der Waals surface area contributed by atoms with Gasteiger partial charge in [-0.3, -0.25) is 0 Å². The Kier molecular flexibility index (Phi) is 3.72. The molecular weight excluding hydrogens is 244 g/mol. The molecule has 0 amide bonds. The van der Waals surface area contributed by atoms with E-state index in [1.54, 1.807) is 0 Å². The van der Waals surface area contributed by atoms with Gasteiger partial charge in [0.1, 0.15) is 5.82 Å². The molecular formula is C10H8F4O3. The molecule has 3 nitrogen and oxygen atoms in total. The van der Waals surface area contributed by atoms with Crippen LogP contribution in [-0.4, -0.2) is 18.2 Å². The van der Waals surface area contributed by atoms with Crippen molar-refractivity contribution in [3.63, 3.8) is 0 Å². The SMILES string of the molecule is COC(=O)C(O)c1cccc(F)c1C(F)(F)F. The van der Waals surface area contributed by atoms with Gasteiger partial charge in [0, 0.05) is 5.56 Å². The standard InChI is InChI=1S/C10H8F4O3/c1-17-9(16)8(15)5-3-2-4-6(11)7(5)10(12,13)14/h2-4,8,15H,1H3. The first-order chi connectivity index (χ1) is 7.79. The number of rotatable bonds is 2. The number of hydrogen-bond acceptors (Lipinski definition) is 3. The summed E-state index contributed by atoms with van der Waals surface area (Å²) in [6, 6.07) is 2.37. The number of aliphatic hydroxyl groups is 1. The normalized spacial score (nSPS) is 13.3. The maximum absolute atomic E-state index is 13.1. The van der Waals surface area contributed by atoms with E-state index in [1.165, 1.54) is 0 Å². The molecule has 0 heterocycles. The van der Waals surface area contributed by atoms with Crippen LogP contribution in [0.15, 0.2) is 18.2 Å². The van der Waals surface area contributed by atoms with Crippen LogP contribution in [0.5, 0.6) is 0 Å². The Hall–Kier alpha value is -1.63. The zero-order valence-corrected chi connectivity index (χ0v) is 8.58. The van der Waals surface area contributed by atoms with E-state index >= 15 is 0 Å². The van der Waals surface area contributed by atoms with E-state index in [1.807, 2.05) is 0 Å². The molecule has 0 bridgehead atoms. The zero-order chi connectivity index (χ0) is 13.2. The van der Waals surface area contributed by atoms with Gasteiger partial charge in [-0.25, -0.2) is 9.18 Å². The monoisotopic (exact) mass is 252 g/mol. The highest BCUT2D eigenvalue weighted by atomic mass is 19.4. The topological polar surface area (TPSA) is 46.5 Å². The first-order valence-electron chi connectivity index (χ1n) is 4.40. The molecule has 1 N–H and O–H groups in total. The van der Waals surface area contributed by atoms with Gasteiger partial charge in [0.25, 0.3) is 0 Å². The molecule has 7 heteroatoms. The van der Waals surface area contributed by atoms with Gasteiger partial charge in [-0.05, 0) is 6.07 Å². The third kappa shape index (κ3) is 2.73. The molecule has 0 saturated heterocycles. The Balaban J connectivity index is 3.34. The number of methoxy groups -OCH3 is 1. The lowest BCUT2D eigenvalue weighted by Gasteiger charge is -2.16. The Morgan fingerprint density at radius 1 is 1.41 bits per heavy atom. The molecule has 0 aromatic heterocycles. The summed E-state index contributed by atoms with van der Waals surface area (Å²) in [4.78, 5) is 10.9. The molecule has 1 aromatic rings. The Labute approximate surface area is 93.6 Å². The minimum absolute atomic E-state index is 0.594. The molecule has 0 fully saturated rings. The Bertz CT molecular complexity index is 428. The van der Waals surface area contributed by atoms with Gasteiger partial charge in [-0.1, -0.05) is 12.1 Å². The summed E-state index contributed by atoms with van der Waals surface area (Å²) in [5, 5.41) is 9.32. The van der Waals surface area contributed by atoms with Crippen LogP contribution in [0.25, 0.3) is 0 Å². The van der Waals surface area contributed by atoms with Crippen LogP contribution in [-0.2, 0) is 15.7 Å². The molecule has 1 atom stereocenters. The molecule has 0 aliphatic carbocycles. The lowest BCUT2D eigenvalue weighted by molar-refractivity contribution is -0.153. The fraction of sp³-hybridized carbons (Fsp3) is 0.300. The van der Waals surface area contributed by atoms with Crippen LogP contribution in [0.1, 0.15) is 17.2 Å². The molecule has 94 valence electrons. The summed E-state index contributed by atoms with van der Waals surface area (Å²) in [6.45, 7) is 0. The minimum atomic E-state index is -5.00. The largest absolute Gasteiger partial charge is 0.467 e. The fourth-order valence-corrected chi connectivity index (χ4v) is 1.31. The Morgan fingerprint density at radius 3 is 2.47 bits per heavy atom. The van der Waals surface area contributed by atoms with Crippen molar-refractivity contribution in [3.8, 4) is 0 Å². The summed E-state index contributed by atoms with van der Waals surface area (Å²) in [5.41, 5.74) is -2.54. The van der Waals surface area contributed by atoms with Crippen LogP contribution < -0.4 is 0 Å². The Morgan fingerprint density at radius 2 is 2.00 bits per heavy atom. The number of hydrogen-bond donors (Lipinski definition) is 1. The number of esters is 1. The summed E-state index contributed by atoms with van der Waals surface area (Å²) < 4.78 is 54.8. The first-order valence-corrected chi connectivity index (χ1v) is 4.40. The van der Waals surface area contributed by atoms with Gasteiger partial charge in [-0.15, -0.1) is 0 Å². The van der Waals surface area contributed by atoms with Crippen molar-refractivity contribution in [2.24, 2.45) is 0 Å². The van der Waals surface area contributed by atoms with Crippen molar-refractivity contribution in [2.45, 2.75) is 12.3 Å². The highest BCUT2D eigenvalue weighted by Crippen LogP contribution is 2.36. The van der Waals surface area contributed by atoms with E-state index in [2.05, 4.69) is 4.74 Å². The molecule has 1 rings (SSSR count). The van der Waals surface area contributed by atoms with E-state index in [-0.39, 0.29) is 0 Å². The number of halogens is 4. The van der Waals surface area contributed by atoms with Crippen LogP contribution in [0.4, 0.5) is 17.6 Å². The average molecular weight is 252 g/mol. The molecule has 0 radical (unpaired) electrons. The summed E-state index contributed by atoms with van der Waals surface area (Å²) in [7, 11) is 0.901. The van der Waals surface area contributed by atoms with Crippen molar-refractivity contribution in [1.29, 1.82) is 0 Å². The molecule has 0 aliphatic rings. The number of alkyl halides is 3. The van der Waals surface area contributed by atoms with Gasteiger partial charge in [0.15, 0.2) is 6.10 Å². The van der Waals surface area contributed by atoms with Gasteiger partial charge >= 0.3 is 12.1 Å². The zero-order valence-electron chi connectivity index (χ0n) is 8.58. The van der Waals surface area contributed by atoms with Crippen LogP contribution in [0.3, 0.4) is 0 Å². The van der Waals surface area contributed by atoms with Gasteiger partial charge in [0.2, 0.25) is 0 Å². The molecule has 0 aliphatic heterocycles. The predicted octanol–water partition coefficient (Wildman–Crippen LogP) is 2.05. The predicted molar refractivity (Wildman–Crippen MR) is 48.4 cm³/mol. The van der Waals surface area contributed by atoms with Crippen molar-refractivity contribution in [1.82, 2.24) is 0 Å². The molecule has 1 unspecified atom stereocenters. The van der Waals surface area contributed by atoms with Crippen molar-refractivity contribution >= 4 is 5.97 Å². The second-order valence-electron chi connectivity index (χ2n) is 3.13. The second-order valence-corrected chi connectivity index (χ2v) is 3.13. The van der Waals surface area contributed by atoms with E-state index in [4.69, 9.17) is 0 Å². The number of carbonyl (C=O) groups is 1. The molecule has 0 spiro atoms. The second kappa shape index (κ2) is 4.70. The number of aliphatic hydroxyl groups excluding tert-OH is 1. The van der Waals surface area contributed by atoms with Crippen LogP contribution in [0, 0.1) is 5.82 Å². The van der Waals surface area contributed by atoms with Crippen molar-refractivity contribution in [3.05, 3.63) is 35.1 Å². The van der Waals surface area contributed by atoms with E-state index in [9.17, 15) is 27.5 Å². The highest BCUT2D eigenvalue weighted by Gasteiger charge is 2.39. The third-order valence-corrected chi connectivity index (χ3v) is 2.05. The van der Waals surface area contributed by atoms with Gasteiger partial charge < -0.3 is 9.84 Å². The molecule has 0 saturated carbocycles. The number of ether oxygens (including phenoxy) is 1. The van der Waals surface area contributed by atoms with Gasteiger partial charge in [-0.2, -0.15) is 13.2 Å². The van der Waals surface area contributed by atoms with Crippen LogP contribution in [0.2, 0.25) is 0 Å². The summed E-state index contributed by atoms with van der Waals surface area (Å²) >= 11 is 0. The molecule has 17 heavy (non-hydrogen) atoms. The van der Waals surface area contributed by atoms with Gasteiger partial charge in [0.05, 0.1) is 12.7 Å². The van der Waals surface area contributed by atoms with Crippen LogP contribution >= 0.6 is 0 Å². The van der Waals surface area contributed by atoms with E-state index in [0.717, 1.165) is 19.2 Å². The maximum atomic E-state index is 13.1. The summed E-state index contributed by atoms with van der Waals surface area (Å²) in [5.74, 6) is -2.85. The van der Waals surface area contributed by atoms with Crippen molar-refractivity contribution < 1.29 is 32.2 Å². The lowest BCUT2D eigenvalue weighted by atomic mass is 10.0. The van der Waals surface area contributed by atoms with Crippen molar-refractivity contribution in [2.75, 3.05) is 7.11 Å². The fourth-order valence-electron chi connectivity index (χ4n) is 1.31. The average Bonchev–Trinajstić information content (AvgIpc) is 2.24. The smallest absolute Gasteiger partial charge is 0.419 e. The third-order valence-electron chi connectivity index (χ3n) is 2.05. The summed E-state index contributed by atoms with van der Waals surface area (Å²) in [6.07, 6.45) is -7.18. The number of benzene rings is 1. The minimum Gasteiger partial charge on any atom is -0.467 e. The highest BCUT2D eigenvalue weighted by molar-refractivity contribution is 5.76. The lowest BCUT2D eigenvalue weighted by Crippen LogP contribution is -2.20. The quantitative estimate of drug-likeness (QED) is 0.647. The first kappa shape index (κ1) is 13.4.